The quantitative estimate of drug-likeness (QED) is 0.286. The Balaban J connectivity index is 1.67. The average Bonchev–Trinajstić information content (AvgIpc) is 2.90. The van der Waals surface area contributed by atoms with Crippen LogP contribution in [0, 0.1) is 6.92 Å². The number of hydrogen-bond acceptors (Lipinski definition) is 5. The summed E-state index contributed by atoms with van der Waals surface area (Å²) in [7, 11) is 1.84. The van der Waals surface area contributed by atoms with Gasteiger partial charge in [-0.15, -0.1) is 0 Å². The number of halogens is 1. The highest BCUT2D eigenvalue weighted by Gasteiger charge is 2.26. The van der Waals surface area contributed by atoms with Crippen molar-refractivity contribution in [2.24, 2.45) is 0 Å². The van der Waals surface area contributed by atoms with E-state index in [1.54, 1.807) is 24.3 Å². The summed E-state index contributed by atoms with van der Waals surface area (Å²) in [5.74, 6) is -1.29. The molecule has 8 heteroatoms. The van der Waals surface area contributed by atoms with Crippen LogP contribution in [0.5, 0.6) is 0 Å². The van der Waals surface area contributed by atoms with Crippen LogP contribution in [0.3, 0.4) is 0 Å². The van der Waals surface area contributed by atoms with E-state index >= 15 is 0 Å². The molecule has 4 rings (SSSR count). The van der Waals surface area contributed by atoms with Crippen LogP contribution in [0.25, 0.3) is 0 Å². The minimum absolute atomic E-state index is 0.0426. The van der Waals surface area contributed by atoms with Crippen molar-refractivity contribution in [1.29, 1.82) is 0 Å². The summed E-state index contributed by atoms with van der Waals surface area (Å²) in [5, 5.41) is 12.3. The molecule has 0 radical (unpaired) electrons. The molecule has 0 aliphatic carbocycles. The Bertz CT molecular complexity index is 1310. The molecule has 7 nitrogen and oxygen atoms in total. The molecular weight excluding hydrogens is 488 g/mol. The van der Waals surface area contributed by atoms with Gasteiger partial charge >= 0.3 is 5.97 Å². The predicted molar refractivity (Wildman–Crippen MR) is 148 cm³/mol. The Hall–Kier alpha value is -3.55. The van der Waals surface area contributed by atoms with E-state index in [1.165, 1.54) is 5.56 Å². The number of fused-ring (bicyclic) bond motifs is 1. The number of aliphatic carboxylic acids is 1. The molecule has 1 atom stereocenters. The Kier molecular flexibility index (Phi) is 8.05. The molecule has 1 aliphatic rings. The number of anilines is 2. The first-order valence-corrected chi connectivity index (χ1v) is 12.8. The summed E-state index contributed by atoms with van der Waals surface area (Å²) in [6.07, 6.45) is 0.686. The molecule has 0 bridgehead atoms. The van der Waals surface area contributed by atoms with Crippen LogP contribution < -0.4 is 16.2 Å². The molecule has 1 aliphatic heterocycles. The highest BCUT2D eigenvalue weighted by molar-refractivity contribution is 6.30. The number of amides is 1. The Morgan fingerprint density at radius 2 is 1.86 bits per heavy atom. The number of nitrogen functional groups attached to an aromatic ring is 1. The standard InChI is InChI=1S/C29H33ClN4O3/c1-4-34(32-3)26-12-11-24(18(2)28(26)31)25(16-27(35)36)21-6-5-19-13-14-33(17-22(19)15-21)29(37)20-7-9-23(30)10-8-20/h5-12,15,25,32H,4,13-14,16-17,31H2,1-3H3,(H,35,36). The first kappa shape index (κ1) is 26.5. The maximum atomic E-state index is 13.1. The van der Waals surface area contributed by atoms with E-state index in [1.807, 2.05) is 49.0 Å². The normalized spacial score (nSPS) is 13.7. The molecule has 0 aromatic heterocycles. The minimum Gasteiger partial charge on any atom is -0.481 e. The van der Waals surface area contributed by atoms with Gasteiger partial charge in [-0.05, 0) is 78.4 Å². The van der Waals surface area contributed by atoms with Crippen LogP contribution >= 0.6 is 11.6 Å². The molecule has 0 saturated carbocycles. The van der Waals surface area contributed by atoms with Crippen LogP contribution in [0.15, 0.2) is 54.6 Å². The van der Waals surface area contributed by atoms with Gasteiger partial charge in [-0.1, -0.05) is 35.9 Å². The van der Waals surface area contributed by atoms with Gasteiger partial charge in [-0.2, -0.15) is 0 Å². The molecule has 0 fully saturated rings. The van der Waals surface area contributed by atoms with E-state index in [0.29, 0.717) is 29.4 Å². The van der Waals surface area contributed by atoms with Crippen molar-refractivity contribution in [3.05, 3.63) is 93.0 Å². The van der Waals surface area contributed by atoms with E-state index < -0.39 is 5.97 Å². The van der Waals surface area contributed by atoms with Crippen molar-refractivity contribution in [3.63, 3.8) is 0 Å². The molecule has 3 aromatic rings. The van der Waals surface area contributed by atoms with Gasteiger partial charge in [0.1, 0.15) is 0 Å². The molecule has 1 unspecified atom stereocenters. The second kappa shape index (κ2) is 11.2. The summed E-state index contributed by atoms with van der Waals surface area (Å²) >= 11 is 5.98. The Labute approximate surface area is 222 Å². The van der Waals surface area contributed by atoms with Crippen molar-refractivity contribution in [1.82, 2.24) is 10.3 Å². The van der Waals surface area contributed by atoms with E-state index in [-0.39, 0.29) is 18.2 Å². The van der Waals surface area contributed by atoms with Crippen molar-refractivity contribution in [3.8, 4) is 0 Å². The summed E-state index contributed by atoms with van der Waals surface area (Å²) in [6.45, 7) is 5.80. The number of nitrogens with one attached hydrogen (secondary N) is 1. The number of nitrogens with zero attached hydrogens (tertiary/aromatic N) is 2. The van der Waals surface area contributed by atoms with Gasteiger partial charge < -0.3 is 20.7 Å². The maximum Gasteiger partial charge on any atom is 0.304 e. The third kappa shape index (κ3) is 5.58. The van der Waals surface area contributed by atoms with E-state index in [4.69, 9.17) is 17.3 Å². The fraction of sp³-hybridized carbons (Fsp3) is 0.310. The number of hydrogen-bond donors (Lipinski definition) is 3. The van der Waals surface area contributed by atoms with Gasteiger partial charge in [-0.3, -0.25) is 9.59 Å². The topological polar surface area (TPSA) is 98.9 Å². The smallest absolute Gasteiger partial charge is 0.304 e. The fourth-order valence-corrected chi connectivity index (χ4v) is 5.24. The third-order valence-corrected chi connectivity index (χ3v) is 7.44. The SMILES string of the molecule is CCN(NC)c1ccc(C(CC(=O)O)c2ccc3c(c2)CN(C(=O)c2ccc(Cl)cc2)CC3)c(C)c1N. The van der Waals surface area contributed by atoms with Crippen molar-refractivity contribution in [2.75, 3.05) is 30.9 Å². The first-order valence-electron chi connectivity index (χ1n) is 12.5. The zero-order valence-corrected chi connectivity index (χ0v) is 22.2. The maximum absolute atomic E-state index is 13.1. The number of hydrazine groups is 1. The lowest BCUT2D eigenvalue weighted by Gasteiger charge is -2.30. The zero-order chi connectivity index (χ0) is 26.7. The number of rotatable bonds is 8. The van der Waals surface area contributed by atoms with E-state index in [9.17, 15) is 14.7 Å². The van der Waals surface area contributed by atoms with Crippen molar-refractivity contribution >= 4 is 34.9 Å². The fourth-order valence-electron chi connectivity index (χ4n) is 5.12. The van der Waals surface area contributed by atoms with Crippen molar-refractivity contribution < 1.29 is 14.7 Å². The van der Waals surface area contributed by atoms with Gasteiger partial charge in [0.2, 0.25) is 0 Å². The molecule has 194 valence electrons. The van der Waals surface area contributed by atoms with Crippen LogP contribution in [-0.2, 0) is 17.8 Å². The molecule has 0 saturated heterocycles. The highest BCUT2D eigenvalue weighted by atomic mass is 35.5. The lowest BCUT2D eigenvalue weighted by atomic mass is 9.83. The lowest BCUT2D eigenvalue weighted by Crippen LogP contribution is -2.36. The minimum atomic E-state index is -0.880. The van der Waals surface area contributed by atoms with Gasteiger partial charge in [0.25, 0.3) is 5.91 Å². The summed E-state index contributed by atoms with van der Waals surface area (Å²) in [5.41, 5.74) is 16.6. The third-order valence-electron chi connectivity index (χ3n) is 7.19. The van der Waals surface area contributed by atoms with E-state index in [0.717, 1.165) is 40.9 Å². The van der Waals surface area contributed by atoms with Crippen LogP contribution in [0.1, 0.15) is 57.4 Å². The molecular formula is C29H33ClN4O3. The summed E-state index contributed by atoms with van der Waals surface area (Å²) in [6, 6.07) is 17.0. The van der Waals surface area contributed by atoms with Gasteiger partial charge in [0, 0.05) is 43.2 Å². The van der Waals surface area contributed by atoms with Crippen LogP contribution in [0.2, 0.25) is 5.02 Å². The number of carbonyl (C=O) groups excluding carboxylic acids is 1. The summed E-state index contributed by atoms with van der Waals surface area (Å²) in [4.78, 5) is 26.9. The lowest BCUT2D eigenvalue weighted by molar-refractivity contribution is -0.137. The van der Waals surface area contributed by atoms with Gasteiger partial charge in [-0.25, -0.2) is 5.43 Å². The number of carbonyl (C=O) groups is 2. The monoisotopic (exact) mass is 520 g/mol. The number of carboxylic acids is 1. The van der Waals surface area contributed by atoms with Gasteiger partial charge in [0.05, 0.1) is 17.8 Å². The molecule has 3 aromatic carbocycles. The molecule has 1 amide bonds. The summed E-state index contributed by atoms with van der Waals surface area (Å²) < 4.78 is 0. The predicted octanol–water partition coefficient (Wildman–Crippen LogP) is 5.00. The Morgan fingerprint density at radius 1 is 1.14 bits per heavy atom. The second-order valence-electron chi connectivity index (χ2n) is 9.34. The van der Waals surface area contributed by atoms with E-state index in [2.05, 4.69) is 17.6 Å². The molecule has 1 heterocycles. The molecule has 4 N–H and O–H groups in total. The second-order valence-corrected chi connectivity index (χ2v) is 9.78. The largest absolute Gasteiger partial charge is 0.481 e. The number of nitrogens with two attached hydrogens (primary N) is 1. The molecule has 37 heavy (non-hydrogen) atoms. The van der Waals surface area contributed by atoms with Crippen molar-refractivity contribution in [2.45, 2.75) is 39.2 Å². The van der Waals surface area contributed by atoms with Crippen LogP contribution in [0.4, 0.5) is 11.4 Å². The Morgan fingerprint density at radius 3 is 2.51 bits per heavy atom. The highest BCUT2D eigenvalue weighted by Crippen LogP contribution is 2.37. The number of carboxylic acid groups (broad SMARTS) is 1. The van der Waals surface area contributed by atoms with Crippen LogP contribution in [-0.4, -0.2) is 42.0 Å². The first-order chi connectivity index (χ1) is 17.7. The molecule has 0 spiro atoms. The average molecular weight is 521 g/mol. The number of benzene rings is 3. The zero-order valence-electron chi connectivity index (χ0n) is 21.4. The van der Waals surface area contributed by atoms with Gasteiger partial charge in [0.15, 0.2) is 0 Å².